The molecule has 2 heteroatoms. The van der Waals surface area contributed by atoms with Crippen LogP contribution in [0.15, 0.2) is 36.4 Å². The Morgan fingerprint density at radius 3 is 2.55 bits per heavy atom. The quantitative estimate of drug-likeness (QED) is 0.862. The fourth-order valence-electron chi connectivity index (χ4n) is 3.34. The summed E-state index contributed by atoms with van der Waals surface area (Å²) in [5.41, 5.74) is 7.70. The predicted molar refractivity (Wildman–Crippen MR) is 90.2 cm³/mol. The second-order valence-electron chi connectivity index (χ2n) is 6.55. The van der Waals surface area contributed by atoms with Crippen molar-refractivity contribution in [1.82, 2.24) is 5.32 Å². The van der Waals surface area contributed by atoms with Gasteiger partial charge >= 0.3 is 0 Å². The van der Waals surface area contributed by atoms with E-state index in [4.69, 9.17) is 0 Å². The van der Waals surface area contributed by atoms with Gasteiger partial charge < -0.3 is 4.79 Å². The lowest BCUT2D eigenvalue weighted by Gasteiger charge is -2.11. The number of carbonyl (C=O) groups is 1. The maximum absolute atomic E-state index is 11.1. The number of aldehydes is 1. The number of nitrogens with one attached hydrogen (secondary N) is 1. The van der Waals surface area contributed by atoms with E-state index < -0.39 is 0 Å². The molecule has 3 rings (SSSR count). The van der Waals surface area contributed by atoms with Gasteiger partial charge in [-0.25, -0.2) is 0 Å². The van der Waals surface area contributed by atoms with E-state index in [0.29, 0.717) is 5.92 Å². The lowest BCUT2D eigenvalue weighted by molar-refractivity contribution is -0.109. The zero-order chi connectivity index (χ0) is 15.7. The van der Waals surface area contributed by atoms with Crippen LogP contribution in [0.25, 0.3) is 0 Å². The zero-order valence-electron chi connectivity index (χ0n) is 13.5. The van der Waals surface area contributed by atoms with Crippen LogP contribution in [0.4, 0.5) is 0 Å². The molecule has 0 saturated carbocycles. The van der Waals surface area contributed by atoms with E-state index >= 15 is 0 Å². The highest BCUT2D eigenvalue weighted by Gasteiger charge is 2.23. The van der Waals surface area contributed by atoms with Gasteiger partial charge in [-0.2, -0.15) is 0 Å². The fourth-order valence-corrected chi connectivity index (χ4v) is 3.34. The summed E-state index contributed by atoms with van der Waals surface area (Å²) in [7, 11) is 0. The maximum Gasteiger partial charge on any atom is 0.141 e. The molecule has 0 aromatic heterocycles. The molecule has 1 atom stereocenters. The minimum absolute atomic E-state index is 0.130. The summed E-state index contributed by atoms with van der Waals surface area (Å²) in [6, 6.07) is 13.2. The number of rotatable bonds is 4. The van der Waals surface area contributed by atoms with Crippen molar-refractivity contribution in [3.8, 4) is 0 Å². The Balaban J connectivity index is 1.84. The van der Waals surface area contributed by atoms with Gasteiger partial charge in [0.15, 0.2) is 0 Å². The molecule has 0 saturated heterocycles. The third-order valence-corrected chi connectivity index (χ3v) is 4.55. The van der Waals surface area contributed by atoms with Crippen molar-refractivity contribution >= 4 is 6.29 Å². The largest absolute Gasteiger partial charge is 0.301 e. The van der Waals surface area contributed by atoms with Crippen LogP contribution in [0, 0.1) is 6.92 Å². The minimum atomic E-state index is -0.130. The average Bonchev–Trinajstić information content (AvgIpc) is 2.91. The Hall–Kier alpha value is -1.93. The number of fused-ring (bicyclic) bond motifs is 1. The maximum atomic E-state index is 11.1. The van der Waals surface area contributed by atoms with Crippen LogP contribution in [0.5, 0.6) is 0 Å². The normalized spacial score (nSPS) is 16.8. The van der Waals surface area contributed by atoms with Crippen LogP contribution in [-0.4, -0.2) is 6.29 Å². The summed E-state index contributed by atoms with van der Waals surface area (Å²) >= 11 is 0. The van der Waals surface area contributed by atoms with Gasteiger partial charge in [0, 0.05) is 6.54 Å². The van der Waals surface area contributed by atoms with Crippen molar-refractivity contribution in [2.75, 3.05) is 0 Å². The van der Waals surface area contributed by atoms with Gasteiger partial charge in [0.2, 0.25) is 0 Å². The van der Waals surface area contributed by atoms with Crippen molar-refractivity contribution in [3.63, 3.8) is 0 Å². The number of carbonyl (C=O) groups excluding carboxylic acids is 1. The molecule has 1 N–H and O–H groups in total. The molecule has 0 aliphatic carbocycles. The van der Waals surface area contributed by atoms with Gasteiger partial charge in [-0.1, -0.05) is 50.2 Å². The van der Waals surface area contributed by atoms with Gasteiger partial charge in [0.25, 0.3) is 0 Å². The summed E-state index contributed by atoms with van der Waals surface area (Å²) in [6.45, 7) is 7.33. The molecule has 1 aliphatic heterocycles. The molecule has 2 nitrogen and oxygen atoms in total. The lowest BCUT2D eigenvalue weighted by atomic mass is 9.93. The molecule has 1 heterocycles. The Kier molecular flexibility index (Phi) is 4.12. The van der Waals surface area contributed by atoms with Crippen molar-refractivity contribution in [2.24, 2.45) is 0 Å². The standard InChI is InChI=1S/C20H23NO/c1-13(2)17-6-4-15(5-7-17)9-16-8-14(3)20-18(10-16)11-21-19(20)12-22/h4-8,10,12-13,19,21H,9,11H2,1-3H3. The van der Waals surface area contributed by atoms with Crippen molar-refractivity contribution < 1.29 is 4.79 Å². The molecule has 0 radical (unpaired) electrons. The SMILES string of the molecule is Cc1cc(Cc2ccc(C(C)C)cc2)cc2c1C(C=O)NC2. The highest BCUT2D eigenvalue weighted by molar-refractivity contribution is 5.66. The molecule has 0 fully saturated rings. The Labute approximate surface area is 132 Å². The first-order chi connectivity index (χ1) is 10.6. The Bertz CT molecular complexity index is 686. The predicted octanol–water partition coefficient (Wildman–Crippen LogP) is 4.05. The molecule has 0 amide bonds. The van der Waals surface area contributed by atoms with Crippen LogP contribution < -0.4 is 5.32 Å². The zero-order valence-corrected chi connectivity index (χ0v) is 13.5. The number of aryl methyl sites for hydroxylation is 1. The van der Waals surface area contributed by atoms with Crippen molar-refractivity contribution in [1.29, 1.82) is 0 Å². The number of hydrogen-bond donors (Lipinski definition) is 1. The molecule has 0 bridgehead atoms. The second-order valence-corrected chi connectivity index (χ2v) is 6.55. The molecule has 22 heavy (non-hydrogen) atoms. The Morgan fingerprint density at radius 2 is 1.91 bits per heavy atom. The van der Waals surface area contributed by atoms with Gasteiger partial charge in [-0.15, -0.1) is 0 Å². The van der Waals surface area contributed by atoms with Crippen LogP contribution in [0.2, 0.25) is 0 Å². The first-order valence-electron chi connectivity index (χ1n) is 7.98. The molecule has 2 aromatic carbocycles. The molecule has 2 aromatic rings. The summed E-state index contributed by atoms with van der Waals surface area (Å²) < 4.78 is 0. The average molecular weight is 293 g/mol. The molecular weight excluding hydrogens is 270 g/mol. The fraction of sp³-hybridized carbons (Fsp3) is 0.350. The van der Waals surface area contributed by atoms with Crippen LogP contribution >= 0.6 is 0 Å². The van der Waals surface area contributed by atoms with Crippen LogP contribution in [0.3, 0.4) is 0 Å². The number of hydrogen-bond acceptors (Lipinski definition) is 2. The van der Waals surface area contributed by atoms with Gasteiger partial charge in [-0.3, -0.25) is 5.32 Å². The first-order valence-corrected chi connectivity index (χ1v) is 7.98. The van der Waals surface area contributed by atoms with E-state index in [9.17, 15) is 4.79 Å². The van der Waals surface area contributed by atoms with E-state index in [2.05, 4.69) is 62.5 Å². The minimum Gasteiger partial charge on any atom is -0.301 e. The monoisotopic (exact) mass is 293 g/mol. The summed E-state index contributed by atoms with van der Waals surface area (Å²) in [6.07, 6.45) is 1.95. The Morgan fingerprint density at radius 1 is 1.18 bits per heavy atom. The molecular formula is C20H23NO. The smallest absolute Gasteiger partial charge is 0.141 e. The van der Waals surface area contributed by atoms with E-state index in [1.54, 1.807) is 0 Å². The highest BCUT2D eigenvalue weighted by Crippen LogP contribution is 2.29. The van der Waals surface area contributed by atoms with Gasteiger partial charge in [-0.05, 0) is 52.6 Å². The molecule has 114 valence electrons. The summed E-state index contributed by atoms with van der Waals surface area (Å²) in [5.74, 6) is 0.572. The van der Waals surface area contributed by atoms with Crippen molar-refractivity contribution in [2.45, 2.75) is 45.7 Å². The van der Waals surface area contributed by atoms with E-state index in [0.717, 1.165) is 19.3 Å². The lowest BCUT2D eigenvalue weighted by Crippen LogP contribution is -2.13. The highest BCUT2D eigenvalue weighted by atomic mass is 16.1. The first kappa shape index (κ1) is 15.0. The van der Waals surface area contributed by atoms with Crippen molar-refractivity contribution in [3.05, 3.63) is 69.8 Å². The topological polar surface area (TPSA) is 29.1 Å². The van der Waals surface area contributed by atoms with Crippen LogP contribution in [0.1, 0.15) is 59.2 Å². The summed E-state index contributed by atoms with van der Waals surface area (Å²) in [5, 5.41) is 3.26. The second kappa shape index (κ2) is 6.05. The van der Waals surface area contributed by atoms with E-state index in [1.807, 2.05) is 0 Å². The summed E-state index contributed by atoms with van der Waals surface area (Å²) in [4.78, 5) is 11.1. The third kappa shape index (κ3) is 2.84. The van der Waals surface area contributed by atoms with Gasteiger partial charge in [0.05, 0.1) is 6.04 Å². The molecule has 0 spiro atoms. The van der Waals surface area contributed by atoms with Gasteiger partial charge in [0.1, 0.15) is 6.29 Å². The van der Waals surface area contributed by atoms with Crippen LogP contribution in [-0.2, 0) is 17.8 Å². The number of benzene rings is 2. The third-order valence-electron chi connectivity index (χ3n) is 4.55. The van der Waals surface area contributed by atoms with E-state index in [-0.39, 0.29) is 6.04 Å². The molecule has 1 aliphatic rings. The molecule has 1 unspecified atom stereocenters. The van der Waals surface area contributed by atoms with E-state index in [1.165, 1.54) is 33.4 Å².